The first kappa shape index (κ1) is 9.03. The van der Waals surface area contributed by atoms with Gasteiger partial charge in [0.15, 0.2) is 0 Å². The molecule has 72 valence electrons. The third-order valence-electron chi connectivity index (χ3n) is 2.56. The van der Waals surface area contributed by atoms with Crippen molar-refractivity contribution < 1.29 is 0 Å². The van der Waals surface area contributed by atoms with Gasteiger partial charge in [0.05, 0.1) is 5.54 Å². The molecule has 0 aliphatic heterocycles. The summed E-state index contributed by atoms with van der Waals surface area (Å²) < 4.78 is 0. The van der Waals surface area contributed by atoms with E-state index in [-0.39, 0.29) is 5.54 Å². The van der Waals surface area contributed by atoms with E-state index in [0.717, 1.165) is 17.7 Å². The van der Waals surface area contributed by atoms with Crippen LogP contribution in [-0.2, 0) is 5.54 Å². The van der Waals surface area contributed by atoms with Gasteiger partial charge in [-0.05, 0) is 18.1 Å². The minimum Gasteiger partial charge on any atom is -0.399 e. The summed E-state index contributed by atoms with van der Waals surface area (Å²) in [4.78, 5) is 0. The molecule has 0 saturated heterocycles. The average molecular weight is 186 g/mol. The summed E-state index contributed by atoms with van der Waals surface area (Å²) in [5.74, 6) is 0. The predicted octanol–water partition coefficient (Wildman–Crippen LogP) is 1.64. The van der Waals surface area contributed by atoms with Gasteiger partial charge in [0.25, 0.3) is 0 Å². The maximum Gasteiger partial charge on any atom is 0.0634 e. The van der Waals surface area contributed by atoms with Crippen LogP contribution in [0.2, 0.25) is 0 Å². The number of nitrogens with two attached hydrogens (primary N) is 2. The predicted molar refractivity (Wildman–Crippen MR) is 58.3 cm³/mol. The quantitative estimate of drug-likeness (QED) is 0.700. The van der Waals surface area contributed by atoms with Crippen LogP contribution < -0.4 is 11.5 Å². The number of hydrogen-bond acceptors (Lipinski definition) is 2. The number of hydrogen-bond donors (Lipinski definition) is 2. The zero-order chi connectivity index (χ0) is 10.0. The Morgan fingerprint density at radius 1 is 1.14 bits per heavy atom. The van der Waals surface area contributed by atoms with Crippen molar-refractivity contribution in [1.82, 2.24) is 0 Å². The highest BCUT2D eigenvalue weighted by molar-refractivity contribution is 5.36. The van der Waals surface area contributed by atoms with Gasteiger partial charge in [-0.15, -0.1) is 0 Å². The Morgan fingerprint density at radius 2 is 1.86 bits per heavy atom. The monoisotopic (exact) mass is 186 g/mol. The van der Waals surface area contributed by atoms with Crippen LogP contribution in [0, 0.1) is 0 Å². The van der Waals surface area contributed by atoms with Crippen LogP contribution in [0.25, 0.3) is 0 Å². The van der Waals surface area contributed by atoms with Gasteiger partial charge < -0.3 is 11.5 Å². The molecule has 0 saturated carbocycles. The molecule has 2 heteroatoms. The van der Waals surface area contributed by atoms with E-state index in [1.807, 2.05) is 48.6 Å². The number of benzene rings is 1. The molecule has 0 spiro atoms. The minimum atomic E-state index is -0.385. The van der Waals surface area contributed by atoms with Crippen molar-refractivity contribution in [2.24, 2.45) is 11.5 Å². The van der Waals surface area contributed by atoms with E-state index in [4.69, 9.17) is 11.5 Å². The Bertz CT molecular complexity index is 379. The normalized spacial score (nSPS) is 25.9. The maximum atomic E-state index is 6.26. The SMILES string of the molecule is NC1=CCC(N)(c2ccccc2)C=C1. The van der Waals surface area contributed by atoms with Crippen LogP contribution in [0.1, 0.15) is 12.0 Å². The Morgan fingerprint density at radius 3 is 2.43 bits per heavy atom. The summed E-state index contributed by atoms with van der Waals surface area (Å²) >= 11 is 0. The van der Waals surface area contributed by atoms with Crippen LogP contribution in [0.4, 0.5) is 0 Å². The van der Waals surface area contributed by atoms with Gasteiger partial charge in [-0.1, -0.05) is 42.5 Å². The van der Waals surface area contributed by atoms with Crippen molar-refractivity contribution >= 4 is 0 Å². The highest BCUT2D eigenvalue weighted by atomic mass is 14.7. The molecule has 0 radical (unpaired) electrons. The van der Waals surface area contributed by atoms with Gasteiger partial charge >= 0.3 is 0 Å². The zero-order valence-corrected chi connectivity index (χ0v) is 7.98. The number of rotatable bonds is 1. The molecule has 2 nitrogen and oxygen atoms in total. The largest absolute Gasteiger partial charge is 0.399 e. The lowest BCUT2D eigenvalue weighted by Crippen LogP contribution is -2.35. The van der Waals surface area contributed by atoms with Crippen molar-refractivity contribution in [3.05, 3.63) is 59.8 Å². The van der Waals surface area contributed by atoms with Crippen molar-refractivity contribution in [3.63, 3.8) is 0 Å². The summed E-state index contributed by atoms with van der Waals surface area (Å²) in [7, 11) is 0. The standard InChI is InChI=1S/C12H14N2/c13-11-6-8-12(14,9-7-11)10-4-2-1-3-5-10/h1-8H,9,13-14H2. The molecule has 1 atom stereocenters. The summed E-state index contributed by atoms with van der Waals surface area (Å²) in [5.41, 5.74) is 13.4. The first-order valence-electron chi connectivity index (χ1n) is 4.70. The molecule has 1 aromatic rings. The first-order valence-corrected chi connectivity index (χ1v) is 4.70. The van der Waals surface area contributed by atoms with Crippen molar-refractivity contribution in [3.8, 4) is 0 Å². The molecule has 14 heavy (non-hydrogen) atoms. The van der Waals surface area contributed by atoms with Crippen molar-refractivity contribution in [2.75, 3.05) is 0 Å². The summed E-state index contributed by atoms with van der Waals surface area (Å²) in [6.07, 6.45) is 6.57. The number of allylic oxidation sites excluding steroid dienone is 1. The zero-order valence-electron chi connectivity index (χ0n) is 7.98. The van der Waals surface area contributed by atoms with Crippen LogP contribution >= 0.6 is 0 Å². The van der Waals surface area contributed by atoms with Crippen molar-refractivity contribution in [2.45, 2.75) is 12.0 Å². The second-order valence-corrected chi connectivity index (χ2v) is 3.65. The Labute approximate surface area is 83.9 Å². The second-order valence-electron chi connectivity index (χ2n) is 3.65. The van der Waals surface area contributed by atoms with Crippen molar-refractivity contribution in [1.29, 1.82) is 0 Å². The van der Waals surface area contributed by atoms with Crippen LogP contribution in [0.5, 0.6) is 0 Å². The third-order valence-corrected chi connectivity index (χ3v) is 2.56. The second kappa shape index (κ2) is 3.31. The van der Waals surface area contributed by atoms with Crippen LogP contribution in [0.3, 0.4) is 0 Å². The average Bonchev–Trinajstić information content (AvgIpc) is 2.24. The van der Waals surface area contributed by atoms with Gasteiger partial charge in [0.1, 0.15) is 0 Å². The molecule has 1 aliphatic rings. The summed E-state index contributed by atoms with van der Waals surface area (Å²) in [5, 5.41) is 0. The molecule has 1 aromatic carbocycles. The molecule has 0 amide bonds. The summed E-state index contributed by atoms with van der Waals surface area (Å²) in [6, 6.07) is 10.1. The third kappa shape index (κ3) is 1.56. The Kier molecular flexibility index (Phi) is 2.14. The Balaban J connectivity index is 2.32. The van der Waals surface area contributed by atoms with E-state index in [1.54, 1.807) is 0 Å². The van der Waals surface area contributed by atoms with E-state index < -0.39 is 0 Å². The molecule has 4 N–H and O–H groups in total. The lowest BCUT2D eigenvalue weighted by Gasteiger charge is -2.27. The van der Waals surface area contributed by atoms with Gasteiger partial charge in [-0.3, -0.25) is 0 Å². The van der Waals surface area contributed by atoms with E-state index in [0.29, 0.717) is 0 Å². The minimum absolute atomic E-state index is 0.385. The van der Waals surface area contributed by atoms with Crippen LogP contribution in [-0.4, -0.2) is 0 Å². The topological polar surface area (TPSA) is 52.0 Å². The van der Waals surface area contributed by atoms with E-state index in [9.17, 15) is 0 Å². The molecule has 0 bridgehead atoms. The lowest BCUT2D eigenvalue weighted by atomic mass is 9.84. The van der Waals surface area contributed by atoms with E-state index >= 15 is 0 Å². The fraction of sp³-hybridized carbons (Fsp3) is 0.167. The molecule has 0 aromatic heterocycles. The molecule has 1 unspecified atom stereocenters. The summed E-state index contributed by atoms with van der Waals surface area (Å²) in [6.45, 7) is 0. The molecule has 2 rings (SSSR count). The smallest absolute Gasteiger partial charge is 0.0634 e. The molecule has 0 fully saturated rings. The fourth-order valence-corrected chi connectivity index (χ4v) is 1.63. The van der Waals surface area contributed by atoms with Gasteiger partial charge in [-0.25, -0.2) is 0 Å². The molecule has 1 aliphatic carbocycles. The molecule has 0 heterocycles. The fourth-order valence-electron chi connectivity index (χ4n) is 1.63. The van der Waals surface area contributed by atoms with E-state index in [2.05, 4.69) is 0 Å². The van der Waals surface area contributed by atoms with E-state index in [1.165, 1.54) is 0 Å². The van der Waals surface area contributed by atoms with Gasteiger partial charge in [0, 0.05) is 5.70 Å². The highest BCUT2D eigenvalue weighted by Gasteiger charge is 2.24. The van der Waals surface area contributed by atoms with Gasteiger partial charge in [0.2, 0.25) is 0 Å². The first-order chi connectivity index (χ1) is 6.71. The van der Waals surface area contributed by atoms with Gasteiger partial charge in [-0.2, -0.15) is 0 Å². The lowest BCUT2D eigenvalue weighted by molar-refractivity contribution is 0.562. The van der Waals surface area contributed by atoms with Crippen LogP contribution in [0.15, 0.2) is 54.3 Å². The molecular weight excluding hydrogens is 172 g/mol. The molecular formula is C12H14N2. The maximum absolute atomic E-state index is 6.26. The highest BCUT2D eigenvalue weighted by Crippen LogP contribution is 2.27. The Hall–Kier alpha value is -1.54.